The highest BCUT2D eigenvalue weighted by molar-refractivity contribution is 7.18. The molecule has 1 fully saturated rings. The van der Waals surface area contributed by atoms with Gasteiger partial charge in [0.1, 0.15) is 11.4 Å². The number of amides is 1. The number of thiophene rings is 2. The van der Waals surface area contributed by atoms with Crippen LogP contribution in [0, 0.1) is 11.3 Å². The molecular weight excluding hydrogens is 454 g/mol. The lowest BCUT2D eigenvalue weighted by atomic mass is 10.2. The number of fused-ring (bicyclic) bond motifs is 1. The molecular formula is C24H21N5O2S2. The minimum Gasteiger partial charge on any atom is -0.370 e. The second kappa shape index (κ2) is 9.17. The predicted molar refractivity (Wildman–Crippen MR) is 132 cm³/mol. The molecule has 4 heterocycles. The Morgan fingerprint density at radius 3 is 2.70 bits per heavy atom. The zero-order valence-electron chi connectivity index (χ0n) is 17.8. The smallest absolute Gasteiger partial charge is 0.263 e. The fourth-order valence-corrected chi connectivity index (χ4v) is 5.83. The third-order valence-corrected chi connectivity index (χ3v) is 7.65. The minimum absolute atomic E-state index is 0.0155. The Kier molecular flexibility index (Phi) is 5.94. The van der Waals surface area contributed by atoms with Crippen LogP contribution in [0.2, 0.25) is 0 Å². The first kappa shape index (κ1) is 21.4. The highest BCUT2D eigenvalue weighted by Gasteiger charge is 2.21. The molecule has 166 valence electrons. The molecule has 0 saturated carbocycles. The van der Waals surface area contributed by atoms with E-state index in [2.05, 4.69) is 16.0 Å². The van der Waals surface area contributed by atoms with Crippen molar-refractivity contribution in [2.24, 2.45) is 0 Å². The number of carbonyl (C=O) groups excluding carboxylic acids is 1. The molecule has 0 N–H and O–H groups in total. The van der Waals surface area contributed by atoms with Gasteiger partial charge in [0.25, 0.3) is 5.56 Å². The van der Waals surface area contributed by atoms with Crippen LogP contribution >= 0.6 is 22.7 Å². The van der Waals surface area contributed by atoms with E-state index in [4.69, 9.17) is 5.26 Å². The van der Waals surface area contributed by atoms with E-state index in [1.165, 1.54) is 22.2 Å². The van der Waals surface area contributed by atoms with Crippen LogP contribution in [0.25, 0.3) is 20.7 Å². The Bertz CT molecular complexity index is 1380. The Hall–Kier alpha value is -3.48. The van der Waals surface area contributed by atoms with Crippen molar-refractivity contribution in [3.8, 4) is 16.5 Å². The molecule has 5 rings (SSSR count). The van der Waals surface area contributed by atoms with Gasteiger partial charge in [-0.25, -0.2) is 4.98 Å². The molecule has 1 amide bonds. The quantitative estimate of drug-likeness (QED) is 0.448. The minimum atomic E-state index is -0.174. The van der Waals surface area contributed by atoms with Gasteiger partial charge in [0.15, 0.2) is 0 Å². The van der Waals surface area contributed by atoms with Gasteiger partial charge in [0.2, 0.25) is 5.91 Å². The third-order valence-electron chi connectivity index (χ3n) is 5.86. The van der Waals surface area contributed by atoms with Crippen molar-refractivity contribution in [1.82, 2.24) is 14.5 Å². The summed E-state index contributed by atoms with van der Waals surface area (Å²) in [6.07, 6.45) is 2.32. The normalized spacial score (nSPS) is 14.3. The highest BCUT2D eigenvalue weighted by atomic mass is 32.1. The number of carbonyl (C=O) groups is 1. The van der Waals surface area contributed by atoms with Crippen molar-refractivity contribution < 1.29 is 4.79 Å². The number of hydrogen-bond acceptors (Lipinski definition) is 7. The first-order chi connectivity index (χ1) is 16.1. The molecule has 0 aliphatic carbocycles. The molecule has 0 radical (unpaired) electrons. The highest BCUT2D eigenvalue weighted by Crippen LogP contribution is 2.33. The number of nitriles is 1. The molecule has 33 heavy (non-hydrogen) atoms. The second-order valence-electron chi connectivity index (χ2n) is 7.86. The van der Waals surface area contributed by atoms with Gasteiger partial charge in [0.05, 0.1) is 23.3 Å². The molecule has 9 heteroatoms. The van der Waals surface area contributed by atoms with Crippen LogP contribution in [-0.4, -0.2) is 46.5 Å². The molecule has 0 bridgehead atoms. The number of aromatic nitrogens is 2. The molecule has 7 nitrogen and oxygen atoms in total. The lowest BCUT2D eigenvalue weighted by Crippen LogP contribution is -2.39. The van der Waals surface area contributed by atoms with Crippen molar-refractivity contribution in [2.45, 2.75) is 13.0 Å². The topological polar surface area (TPSA) is 82.2 Å². The second-order valence-corrected chi connectivity index (χ2v) is 9.67. The number of anilines is 1. The van der Waals surface area contributed by atoms with E-state index in [0.717, 1.165) is 29.1 Å². The van der Waals surface area contributed by atoms with Gasteiger partial charge in [-0.2, -0.15) is 5.26 Å². The van der Waals surface area contributed by atoms with Gasteiger partial charge in [-0.3, -0.25) is 14.2 Å². The Morgan fingerprint density at radius 1 is 1.09 bits per heavy atom. The fraction of sp³-hybridized carbons (Fsp3) is 0.250. The van der Waals surface area contributed by atoms with Gasteiger partial charge in [0, 0.05) is 47.7 Å². The van der Waals surface area contributed by atoms with E-state index in [9.17, 15) is 9.59 Å². The zero-order chi connectivity index (χ0) is 22.8. The summed E-state index contributed by atoms with van der Waals surface area (Å²) in [4.78, 5) is 36.5. The summed E-state index contributed by atoms with van der Waals surface area (Å²) < 4.78 is 1.43. The van der Waals surface area contributed by atoms with Gasteiger partial charge in [-0.15, -0.1) is 22.7 Å². The molecule has 4 aromatic rings. The van der Waals surface area contributed by atoms with E-state index in [1.54, 1.807) is 11.3 Å². The Morgan fingerprint density at radius 2 is 1.94 bits per heavy atom. The van der Waals surface area contributed by atoms with Crippen molar-refractivity contribution in [3.05, 3.63) is 69.4 Å². The average Bonchev–Trinajstić information content (AvgIpc) is 3.45. The summed E-state index contributed by atoms with van der Waals surface area (Å²) in [5.74, 6) is -0.0761. The van der Waals surface area contributed by atoms with Gasteiger partial charge in [-0.05, 0) is 42.1 Å². The van der Waals surface area contributed by atoms with E-state index in [0.29, 0.717) is 35.4 Å². The molecule has 0 unspecified atom stereocenters. The van der Waals surface area contributed by atoms with E-state index < -0.39 is 0 Å². The Labute approximate surface area is 198 Å². The van der Waals surface area contributed by atoms with Crippen LogP contribution < -0.4 is 10.5 Å². The van der Waals surface area contributed by atoms with E-state index in [-0.39, 0.29) is 18.0 Å². The predicted octanol–water partition coefficient (Wildman–Crippen LogP) is 3.80. The van der Waals surface area contributed by atoms with Crippen LogP contribution in [0.1, 0.15) is 12.0 Å². The lowest BCUT2D eigenvalue weighted by Gasteiger charge is -2.24. The Balaban J connectivity index is 1.31. The third kappa shape index (κ3) is 4.27. The van der Waals surface area contributed by atoms with Crippen LogP contribution in [0.3, 0.4) is 0 Å². The van der Waals surface area contributed by atoms with E-state index in [1.807, 2.05) is 52.1 Å². The first-order valence-corrected chi connectivity index (χ1v) is 12.4. The van der Waals surface area contributed by atoms with Crippen molar-refractivity contribution in [1.29, 1.82) is 5.26 Å². The lowest BCUT2D eigenvalue weighted by molar-refractivity contribution is -0.131. The molecule has 1 aliphatic rings. The van der Waals surface area contributed by atoms with E-state index >= 15 is 0 Å². The molecule has 1 aliphatic heterocycles. The van der Waals surface area contributed by atoms with Crippen LogP contribution in [0.15, 0.2) is 58.3 Å². The monoisotopic (exact) mass is 475 g/mol. The van der Waals surface area contributed by atoms with Gasteiger partial charge in [-0.1, -0.05) is 6.07 Å². The number of rotatable bonds is 4. The van der Waals surface area contributed by atoms with Crippen molar-refractivity contribution >= 4 is 44.5 Å². The largest absolute Gasteiger partial charge is 0.370 e. The number of hydrogen-bond donors (Lipinski definition) is 0. The maximum absolute atomic E-state index is 13.2. The van der Waals surface area contributed by atoms with Crippen molar-refractivity contribution in [2.75, 3.05) is 31.1 Å². The SMILES string of the molecule is N#Cc1ccc(N2CCCN(C(=O)Cn3cnc4scc(-c5cccs5)c4c3=O)CC2)cc1. The summed E-state index contributed by atoms with van der Waals surface area (Å²) in [5, 5.41) is 13.5. The maximum Gasteiger partial charge on any atom is 0.263 e. The first-order valence-electron chi connectivity index (χ1n) is 10.7. The van der Waals surface area contributed by atoms with Gasteiger partial charge >= 0.3 is 0 Å². The number of benzene rings is 1. The summed E-state index contributed by atoms with van der Waals surface area (Å²) >= 11 is 3.03. The van der Waals surface area contributed by atoms with Crippen LogP contribution in [0.5, 0.6) is 0 Å². The molecule has 1 aromatic carbocycles. The summed E-state index contributed by atoms with van der Waals surface area (Å²) in [7, 11) is 0. The molecule has 1 saturated heterocycles. The van der Waals surface area contributed by atoms with Crippen LogP contribution in [0.4, 0.5) is 5.69 Å². The molecule has 0 atom stereocenters. The summed E-state index contributed by atoms with van der Waals surface area (Å²) in [5.41, 5.74) is 2.39. The number of nitrogens with zero attached hydrogens (tertiary/aromatic N) is 5. The van der Waals surface area contributed by atoms with Crippen molar-refractivity contribution in [3.63, 3.8) is 0 Å². The summed E-state index contributed by atoms with van der Waals surface area (Å²) in [6, 6.07) is 13.6. The molecule has 3 aromatic heterocycles. The maximum atomic E-state index is 13.2. The fourth-order valence-electron chi connectivity index (χ4n) is 4.11. The summed E-state index contributed by atoms with van der Waals surface area (Å²) in [6.45, 7) is 2.76. The molecule has 0 spiro atoms. The van der Waals surface area contributed by atoms with Crippen LogP contribution in [-0.2, 0) is 11.3 Å². The average molecular weight is 476 g/mol. The zero-order valence-corrected chi connectivity index (χ0v) is 19.4. The standard InChI is InChI=1S/C24H21N5O2S2/c25-13-17-4-6-18(7-5-17)27-8-2-9-28(11-10-27)21(30)14-29-16-26-23-22(24(29)31)19(15-33-23)20-3-1-12-32-20/h1,3-7,12,15-16H,2,8-11,14H2. The van der Waals surface area contributed by atoms with Gasteiger partial charge < -0.3 is 9.80 Å².